The Labute approximate surface area is 103 Å². The summed E-state index contributed by atoms with van der Waals surface area (Å²) in [6.07, 6.45) is 6.27. The summed E-state index contributed by atoms with van der Waals surface area (Å²) in [5, 5.41) is 0. The molecule has 2 rings (SSSR count). The number of ether oxygens (including phenoxy) is 1. The standard InChI is InChI=1S/C13H24N2O2/c1-17-12-6-8-15(9-7-12)13(16)10-2-4-11(14)5-3-10/h10-12H,2-9,14H2,1H3. The van der Waals surface area contributed by atoms with Crippen LogP contribution in [0, 0.1) is 5.92 Å². The van der Waals surface area contributed by atoms with Crippen molar-refractivity contribution in [3.63, 3.8) is 0 Å². The van der Waals surface area contributed by atoms with Crippen LogP contribution < -0.4 is 5.73 Å². The molecule has 4 heteroatoms. The van der Waals surface area contributed by atoms with Crippen LogP contribution in [0.25, 0.3) is 0 Å². The van der Waals surface area contributed by atoms with Crippen molar-refractivity contribution in [2.75, 3.05) is 20.2 Å². The molecule has 0 atom stereocenters. The number of methoxy groups -OCH3 is 1. The number of carbonyl (C=O) groups is 1. The Balaban J connectivity index is 1.80. The lowest BCUT2D eigenvalue weighted by molar-refractivity contribution is -0.139. The quantitative estimate of drug-likeness (QED) is 0.787. The molecule has 1 aliphatic heterocycles. The average molecular weight is 240 g/mol. The molecule has 2 fully saturated rings. The first-order chi connectivity index (χ1) is 8.20. The molecule has 4 nitrogen and oxygen atoms in total. The SMILES string of the molecule is COC1CCN(C(=O)C2CCC(N)CC2)CC1. The van der Waals surface area contributed by atoms with Gasteiger partial charge in [0.05, 0.1) is 6.10 Å². The van der Waals surface area contributed by atoms with E-state index in [1.807, 2.05) is 4.90 Å². The van der Waals surface area contributed by atoms with Gasteiger partial charge in [0.25, 0.3) is 0 Å². The summed E-state index contributed by atoms with van der Waals surface area (Å²) in [7, 11) is 1.75. The van der Waals surface area contributed by atoms with Gasteiger partial charge in [-0.15, -0.1) is 0 Å². The van der Waals surface area contributed by atoms with E-state index in [1.165, 1.54) is 0 Å². The van der Waals surface area contributed by atoms with Gasteiger partial charge in [-0.1, -0.05) is 0 Å². The van der Waals surface area contributed by atoms with Crippen molar-refractivity contribution in [3.05, 3.63) is 0 Å². The third kappa shape index (κ3) is 3.19. The molecule has 0 spiro atoms. The number of hydrogen-bond donors (Lipinski definition) is 1. The lowest BCUT2D eigenvalue weighted by atomic mass is 9.85. The monoisotopic (exact) mass is 240 g/mol. The molecule has 0 aromatic carbocycles. The Morgan fingerprint density at radius 1 is 1.12 bits per heavy atom. The van der Waals surface area contributed by atoms with E-state index in [-0.39, 0.29) is 5.92 Å². The van der Waals surface area contributed by atoms with Crippen molar-refractivity contribution in [1.82, 2.24) is 4.90 Å². The van der Waals surface area contributed by atoms with Crippen LogP contribution in [0.5, 0.6) is 0 Å². The maximum absolute atomic E-state index is 12.3. The molecule has 1 aliphatic carbocycles. The van der Waals surface area contributed by atoms with Crippen molar-refractivity contribution in [2.45, 2.75) is 50.7 Å². The molecular weight excluding hydrogens is 216 g/mol. The van der Waals surface area contributed by atoms with E-state index in [0.29, 0.717) is 18.1 Å². The summed E-state index contributed by atoms with van der Waals surface area (Å²) in [6, 6.07) is 0.318. The summed E-state index contributed by atoms with van der Waals surface area (Å²) in [6.45, 7) is 1.72. The lowest BCUT2D eigenvalue weighted by Crippen LogP contribution is -2.44. The molecule has 1 amide bonds. The fraction of sp³-hybridized carbons (Fsp3) is 0.923. The van der Waals surface area contributed by atoms with Gasteiger partial charge in [0, 0.05) is 32.2 Å². The summed E-state index contributed by atoms with van der Waals surface area (Å²) in [5.41, 5.74) is 5.87. The van der Waals surface area contributed by atoms with Crippen LogP contribution in [-0.2, 0) is 9.53 Å². The van der Waals surface area contributed by atoms with Crippen LogP contribution in [0.4, 0.5) is 0 Å². The summed E-state index contributed by atoms with van der Waals surface area (Å²) < 4.78 is 5.32. The first-order valence-electron chi connectivity index (χ1n) is 6.78. The summed E-state index contributed by atoms with van der Waals surface area (Å²) in [5.74, 6) is 0.584. The highest BCUT2D eigenvalue weighted by molar-refractivity contribution is 5.79. The molecule has 1 saturated heterocycles. The maximum Gasteiger partial charge on any atom is 0.225 e. The predicted octanol–water partition coefficient (Wildman–Crippen LogP) is 1.14. The van der Waals surface area contributed by atoms with Gasteiger partial charge in [0.15, 0.2) is 0 Å². The van der Waals surface area contributed by atoms with Gasteiger partial charge in [-0.2, -0.15) is 0 Å². The van der Waals surface area contributed by atoms with Gasteiger partial charge < -0.3 is 15.4 Å². The van der Waals surface area contributed by atoms with Crippen LogP contribution >= 0.6 is 0 Å². The highest BCUT2D eigenvalue weighted by Crippen LogP contribution is 2.26. The molecule has 0 radical (unpaired) electrons. The number of piperidine rings is 1. The normalized spacial score (nSPS) is 31.5. The number of nitrogens with two attached hydrogens (primary N) is 1. The van der Waals surface area contributed by atoms with Gasteiger partial charge in [0.1, 0.15) is 0 Å². The third-order valence-electron chi connectivity index (χ3n) is 4.21. The molecule has 2 N–H and O–H groups in total. The first kappa shape index (κ1) is 12.8. The molecular formula is C13H24N2O2. The average Bonchev–Trinajstić information content (AvgIpc) is 2.39. The molecule has 1 heterocycles. The molecule has 98 valence electrons. The fourth-order valence-electron chi connectivity index (χ4n) is 2.94. The Kier molecular flexibility index (Phi) is 4.40. The van der Waals surface area contributed by atoms with Gasteiger partial charge >= 0.3 is 0 Å². The Morgan fingerprint density at radius 3 is 2.24 bits per heavy atom. The number of amides is 1. The maximum atomic E-state index is 12.3. The second kappa shape index (κ2) is 5.83. The number of hydrogen-bond acceptors (Lipinski definition) is 3. The lowest BCUT2D eigenvalue weighted by Gasteiger charge is -2.35. The number of rotatable bonds is 2. The van der Waals surface area contributed by atoms with E-state index in [1.54, 1.807) is 7.11 Å². The zero-order valence-electron chi connectivity index (χ0n) is 10.7. The predicted molar refractivity (Wildman–Crippen MR) is 66.5 cm³/mol. The molecule has 0 bridgehead atoms. The number of nitrogens with zero attached hydrogens (tertiary/aromatic N) is 1. The minimum Gasteiger partial charge on any atom is -0.381 e. The largest absolute Gasteiger partial charge is 0.381 e. The van der Waals surface area contributed by atoms with E-state index >= 15 is 0 Å². The Hall–Kier alpha value is -0.610. The molecule has 0 unspecified atom stereocenters. The van der Waals surface area contributed by atoms with Crippen LogP contribution in [0.15, 0.2) is 0 Å². The van der Waals surface area contributed by atoms with Crippen LogP contribution in [0.1, 0.15) is 38.5 Å². The van der Waals surface area contributed by atoms with Crippen molar-refractivity contribution in [2.24, 2.45) is 11.7 Å². The second-order valence-corrected chi connectivity index (χ2v) is 5.37. The number of carbonyl (C=O) groups excluding carboxylic acids is 1. The summed E-state index contributed by atoms with van der Waals surface area (Å²) >= 11 is 0. The van der Waals surface area contributed by atoms with Crippen molar-refractivity contribution >= 4 is 5.91 Å². The third-order valence-corrected chi connectivity index (χ3v) is 4.21. The minimum absolute atomic E-state index is 0.230. The summed E-state index contributed by atoms with van der Waals surface area (Å²) in [4.78, 5) is 14.3. The van der Waals surface area contributed by atoms with E-state index in [9.17, 15) is 4.79 Å². The van der Waals surface area contributed by atoms with Gasteiger partial charge in [-0.05, 0) is 38.5 Å². The van der Waals surface area contributed by atoms with E-state index in [2.05, 4.69) is 0 Å². The van der Waals surface area contributed by atoms with Gasteiger partial charge in [-0.25, -0.2) is 0 Å². The van der Waals surface area contributed by atoms with Crippen molar-refractivity contribution in [3.8, 4) is 0 Å². The highest BCUT2D eigenvalue weighted by Gasteiger charge is 2.30. The van der Waals surface area contributed by atoms with Crippen molar-refractivity contribution < 1.29 is 9.53 Å². The Morgan fingerprint density at radius 2 is 1.71 bits per heavy atom. The van der Waals surface area contributed by atoms with Crippen molar-refractivity contribution in [1.29, 1.82) is 0 Å². The van der Waals surface area contributed by atoms with Crippen LogP contribution in [-0.4, -0.2) is 43.2 Å². The zero-order valence-corrected chi connectivity index (χ0v) is 10.7. The van der Waals surface area contributed by atoms with E-state index in [4.69, 9.17) is 10.5 Å². The molecule has 2 aliphatic rings. The first-order valence-corrected chi connectivity index (χ1v) is 6.78. The number of likely N-dealkylation sites (tertiary alicyclic amines) is 1. The van der Waals surface area contributed by atoms with Gasteiger partial charge in [-0.3, -0.25) is 4.79 Å². The topological polar surface area (TPSA) is 55.6 Å². The molecule has 0 aromatic rings. The van der Waals surface area contributed by atoms with E-state index < -0.39 is 0 Å². The zero-order chi connectivity index (χ0) is 12.3. The van der Waals surface area contributed by atoms with Crippen LogP contribution in [0.2, 0.25) is 0 Å². The van der Waals surface area contributed by atoms with E-state index in [0.717, 1.165) is 51.6 Å². The second-order valence-electron chi connectivity index (χ2n) is 5.37. The minimum atomic E-state index is 0.230. The molecule has 17 heavy (non-hydrogen) atoms. The smallest absolute Gasteiger partial charge is 0.225 e. The Bertz CT molecular complexity index is 254. The molecule has 1 saturated carbocycles. The molecule has 0 aromatic heterocycles. The van der Waals surface area contributed by atoms with Crippen LogP contribution in [0.3, 0.4) is 0 Å². The highest BCUT2D eigenvalue weighted by atomic mass is 16.5. The van der Waals surface area contributed by atoms with Gasteiger partial charge in [0.2, 0.25) is 5.91 Å². The fourth-order valence-corrected chi connectivity index (χ4v) is 2.94.